The Bertz CT molecular complexity index is 1560. The highest BCUT2D eigenvalue weighted by Gasteiger charge is 2.34. The fourth-order valence-corrected chi connectivity index (χ4v) is 5.35. The Morgan fingerprint density at radius 3 is 1.66 bits per heavy atom. The van der Waals surface area contributed by atoms with Crippen molar-refractivity contribution >= 4 is 39.6 Å². The fraction of sp³-hybridized carbons (Fsp3) is 0.103. The molecule has 3 aromatic rings. The van der Waals surface area contributed by atoms with Crippen LogP contribution in [-0.2, 0) is 19.6 Å². The number of ketones is 1. The molecule has 188 valence electrons. The van der Waals surface area contributed by atoms with Crippen LogP contribution in [0.2, 0.25) is 0 Å². The molecule has 1 aliphatic rings. The van der Waals surface area contributed by atoms with Crippen molar-refractivity contribution in [3.63, 3.8) is 0 Å². The van der Waals surface area contributed by atoms with Crippen molar-refractivity contribution in [3.05, 3.63) is 106 Å². The van der Waals surface area contributed by atoms with Crippen LogP contribution < -0.4 is 5.32 Å². The molecule has 0 radical (unpaired) electrons. The average Bonchev–Trinajstić information content (AvgIpc) is 2.91. The molecule has 4 rings (SSSR count). The Morgan fingerprint density at radius 2 is 1.26 bits per heavy atom. The lowest BCUT2D eigenvalue weighted by molar-refractivity contribution is -0.114. The molecule has 0 unspecified atom stereocenters. The number of amides is 1. The van der Waals surface area contributed by atoms with Gasteiger partial charge >= 0.3 is 0 Å². The van der Waals surface area contributed by atoms with Crippen molar-refractivity contribution < 1.29 is 18.0 Å². The molecule has 1 heterocycles. The van der Waals surface area contributed by atoms with Crippen LogP contribution in [0.4, 0.5) is 5.69 Å². The van der Waals surface area contributed by atoms with E-state index in [9.17, 15) is 18.0 Å². The van der Waals surface area contributed by atoms with Gasteiger partial charge in [-0.1, -0.05) is 24.3 Å². The highest BCUT2D eigenvalue weighted by molar-refractivity contribution is 7.89. The van der Waals surface area contributed by atoms with Crippen molar-refractivity contribution in [3.8, 4) is 12.1 Å². The van der Waals surface area contributed by atoms with Crippen molar-refractivity contribution in [1.82, 2.24) is 4.31 Å². The first-order valence-corrected chi connectivity index (χ1v) is 13.0. The lowest BCUT2D eigenvalue weighted by atomic mass is 9.95. The predicted octanol–water partition coefficient (Wildman–Crippen LogP) is 4.13. The number of Topliss-reactive ketones (excluding diaryl/α,β-unsaturated/α-hetero) is 1. The minimum absolute atomic E-state index is 0.0244. The van der Waals surface area contributed by atoms with E-state index in [1.54, 1.807) is 60.7 Å². The second kappa shape index (κ2) is 11.1. The fourth-order valence-electron chi connectivity index (χ4n) is 3.95. The van der Waals surface area contributed by atoms with E-state index >= 15 is 0 Å². The number of piperidine rings is 1. The Morgan fingerprint density at radius 1 is 0.816 bits per heavy atom. The third kappa shape index (κ3) is 5.93. The molecule has 1 saturated heterocycles. The van der Waals surface area contributed by atoms with Crippen LogP contribution in [0.25, 0.3) is 12.2 Å². The summed E-state index contributed by atoms with van der Waals surface area (Å²) in [6, 6.07) is 23.2. The number of nitrogens with zero attached hydrogens (tertiary/aromatic N) is 3. The maximum absolute atomic E-state index is 13.6. The third-order valence-electron chi connectivity index (χ3n) is 5.85. The molecular weight excluding hydrogens is 500 g/mol. The Balaban J connectivity index is 1.73. The number of carbonyl (C=O) groups excluding carboxylic acids is 2. The first-order valence-electron chi connectivity index (χ1n) is 11.5. The second-order valence-electron chi connectivity index (χ2n) is 8.61. The topological polar surface area (TPSA) is 131 Å². The van der Waals surface area contributed by atoms with E-state index in [-0.39, 0.29) is 40.8 Å². The number of benzene rings is 3. The molecule has 0 aliphatic carbocycles. The van der Waals surface area contributed by atoms with Crippen molar-refractivity contribution in [2.24, 2.45) is 0 Å². The van der Waals surface area contributed by atoms with Crippen LogP contribution in [0.3, 0.4) is 0 Å². The highest BCUT2D eigenvalue weighted by atomic mass is 32.2. The number of nitrogens with one attached hydrogen (secondary N) is 1. The summed E-state index contributed by atoms with van der Waals surface area (Å²) in [4.78, 5) is 24.8. The number of anilines is 1. The van der Waals surface area contributed by atoms with E-state index in [1.165, 1.54) is 35.5 Å². The van der Waals surface area contributed by atoms with Gasteiger partial charge in [0.1, 0.15) is 0 Å². The van der Waals surface area contributed by atoms with Crippen LogP contribution in [0.1, 0.15) is 29.2 Å². The van der Waals surface area contributed by atoms with Gasteiger partial charge in [-0.15, -0.1) is 0 Å². The van der Waals surface area contributed by atoms with Gasteiger partial charge in [0.05, 0.1) is 28.2 Å². The lowest BCUT2D eigenvalue weighted by Crippen LogP contribution is -2.41. The van der Waals surface area contributed by atoms with Crippen molar-refractivity contribution in [2.75, 3.05) is 18.4 Å². The summed E-state index contributed by atoms with van der Waals surface area (Å²) in [5.74, 6) is -0.559. The third-order valence-corrected chi connectivity index (χ3v) is 7.66. The zero-order valence-electron chi connectivity index (χ0n) is 20.4. The highest BCUT2D eigenvalue weighted by Crippen LogP contribution is 2.28. The molecule has 1 N–H and O–H groups in total. The van der Waals surface area contributed by atoms with E-state index in [1.807, 2.05) is 12.1 Å². The number of nitriles is 2. The van der Waals surface area contributed by atoms with E-state index in [0.717, 1.165) is 0 Å². The summed E-state index contributed by atoms with van der Waals surface area (Å²) in [6.07, 6.45) is 3.25. The SMILES string of the molecule is CC(=O)Nc1ccc(S(=O)(=O)N2CC(=Cc3ccc(C#N)cc3)C(=O)C(=Cc3ccc(C#N)cc3)C2)cc1. The molecule has 0 spiro atoms. The molecule has 1 aliphatic heterocycles. The molecule has 0 atom stereocenters. The second-order valence-corrected chi connectivity index (χ2v) is 10.6. The number of sulfonamides is 1. The van der Waals surface area contributed by atoms with Gasteiger partial charge in [-0.3, -0.25) is 9.59 Å². The lowest BCUT2D eigenvalue weighted by Gasteiger charge is -2.29. The van der Waals surface area contributed by atoms with Crippen LogP contribution in [0.15, 0.2) is 88.8 Å². The molecule has 1 amide bonds. The largest absolute Gasteiger partial charge is 0.326 e. The molecular formula is C29H22N4O4S. The van der Waals surface area contributed by atoms with Crippen molar-refractivity contribution in [2.45, 2.75) is 11.8 Å². The molecule has 8 nitrogen and oxygen atoms in total. The Labute approximate surface area is 220 Å². The smallest absolute Gasteiger partial charge is 0.243 e. The van der Waals surface area contributed by atoms with E-state index in [2.05, 4.69) is 5.32 Å². The molecule has 9 heteroatoms. The number of carbonyl (C=O) groups is 2. The molecule has 1 fully saturated rings. The van der Waals surface area contributed by atoms with Crippen molar-refractivity contribution in [1.29, 1.82) is 10.5 Å². The molecule has 38 heavy (non-hydrogen) atoms. The number of rotatable bonds is 5. The summed E-state index contributed by atoms with van der Waals surface area (Å²) in [7, 11) is -4.00. The van der Waals surface area contributed by atoms with E-state index in [4.69, 9.17) is 10.5 Å². The van der Waals surface area contributed by atoms with Gasteiger partial charge < -0.3 is 5.32 Å². The van der Waals surface area contributed by atoms with Crippen LogP contribution in [0, 0.1) is 22.7 Å². The van der Waals surface area contributed by atoms with E-state index < -0.39 is 10.0 Å². The van der Waals surface area contributed by atoms with Gasteiger partial charge in [0.15, 0.2) is 5.78 Å². The first kappa shape index (κ1) is 26.2. The quantitative estimate of drug-likeness (QED) is 0.501. The summed E-state index contributed by atoms with van der Waals surface area (Å²) in [6.45, 7) is 1.08. The summed E-state index contributed by atoms with van der Waals surface area (Å²) < 4.78 is 28.4. The van der Waals surface area contributed by atoms with E-state index in [0.29, 0.717) is 27.9 Å². The van der Waals surface area contributed by atoms with Crippen LogP contribution >= 0.6 is 0 Å². The van der Waals surface area contributed by atoms with Gasteiger partial charge in [0.25, 0.3) is 0 Å². The summed E-state index contributed by atoms with van der Waals surface area (Å²) in [5, 5.41) is 20.7. The first-order chi connectivity index (χ1) is 18.2. The zero-order valence-corrected chi connectivity index (χ0v) is 21.2. The van der Waals surface area contributed by atoms with Crippen LogP contribution in [0.5, 0.6) is 0 Å². The maximum Gasteiger partial charge on any atom is 0.243 e. The monoisotopic (exact) mass is 522 g/mol. The minimum atomic E-state index is -4.00. The maximum atomic E-state index is 13.6. The molecule has 3 aromatic carbocycles. The standard InChI is InChI=1S/C29H22N4O4S/c1-20(34)32-27-10-12-28(13-11-27)38(36,37)33-18-25(14-21-2-6-23(16-30)7-3-21)29(35)26(19-33)15-22-4-8-24(17-31)9-5-22/h2-15H,18-19H2,1H3,(H,32,34). The summed E-state index contributed by atoms with van der Waals surface area (Å²) in [5.41, 5.74) is 3.27. The molecule has 0 saturated carbocycles. The zero-order chi connectivity index (χ0) is 27.3. The van der Waals surface area contributed by atoms with Gasteiger partial charge in [0.2, 0.25) is 15.9 Å². The summed E-state index contributed by atoms with van der Waals surface area (Å²) >= 11 is 0. The van der Waals surface area contributed by atoms with Gasteiger partial charge in [-0.05, 0) is 71.8 Å². The number of hydrogen-bond acceptors (Lipinski definition) is 6. The van der Waals surface area contributed by atoms with Gasteiger partial charge in [0, 0.05) is 36.8 Å². The van der Waals surface area contributed by atoms with Gasteiger partial charge in [-0.25, -0.2) is 8.42 Å². The Kier molecular flexibility index (Phi) is 7.63. The number of hydrogen-bond donors (Lipinski definition) is 1. The van der Waals surface area contributed by atoms with Crippen LogP contribution in [-0.4, -0.2) is 37.5 Å². The minimum Gasteiger partial charge on any atom is -0.326 e. The normalized spacial score (nSPS) is 16.1. The van der Waals surface area contributed by atoms with Gasteiger partial charge in [-0.2, -0.15) is 14.8 Å². The predicted molar refractivity (Wildman–Crippen MR) is 143 cm³/mol. The molecule has 0 bridgehead atoms. The molecule has 0 aromatic heterocycles. The Hall–Kier alpha value is -4.83. The average molecular weight is 523 g/mol.